The lowest BCUT2D eigenvalue weighted by atomic mass is 9.96. The number of nitriles is 1. The van der Waals surface area contributed by atoms with E-state index in [1.807, 2.05) is 30.3 Å². The van der Waals surface area contributed by atoms with Crippen LogP contribution in [0.1, 0.15) is 18.9 Å². The maximum atomic E-state index is 12.7. The van der Waals surface area contributed by atoms with Crippen LogP contribution in [-0.2, 0) is 16.4 Å². The first kappa shape index (κ1) is 18.0. The van der Waals surface area contributed by atoms with E-state index >= 15 is 0 Å². The summed E-state index contributed by atoms with van der Waals surface area (Å²) in [5.74, 6) is 0.244. The molecular weight excluding hydrogens is 324 g/mol. The quantitative estimate of drug-likeness (QED) is 0.837. The van der Waals surface area contributed by atoms with Crippen LogP contribution < -0.4 is 9.46 Å². The lowest BCUT2D eigenvalue weighted by molar-refractivity contribution is 0.401. The van der Waals surface area contributed by atoms with Crippen molar-refractivity contribution in [2.45, 2.75) is 30.2 Å². The van der Waals surface area contributed by atoms with E-state index in [-0.39, 0.29) is 10.6 Å². The molecule has 0 amide bonds. The van der Waals surface area contributed by atoms with Crippen molar-refractivity contribution < 1.29 is 13.2 Å². The number of hydrogen-bond donors (Lipinski definition) is 1. The highest BCUT2D eigenvalue weighted by Crippen LogP contribution is 2.25. The summed E-state index contributed by atoms with van der Waals surface area (Å²) >= 11 is 0. The van der Waals surface area contributed by atoms with Crippen LogP contribution >= 0.6 is 0 Å². The van der Waals surface area contributed by atoms with E-state index < -0.39 is 15.6 Å². The summed E-state index contributed by atoms with van der Waals surface area (Å²) in [7, 11) is -2.46. The molecule has 1 atom stereocenters. The average Bonchev–Trinajstić information content (AvgIpc) is 2.60. The van der Waals surface area contributed by atoms with Crippen LogP contribution in [-0.4, -0.2) is 21.1 Å². The third-order valence-corrected chi connectivity index (χ3v) is 5.36. The van der Waals surface area contributed by atoms with Gasteiger partial charge in [-0.05, 0) is 37.5 Å². The number of para-hydroxylation sites is 1. The predicted molar refractivity (Wildman–Crippen MR) is 92.1 cm³/mol. The Kier molecular flexibility index (Phi) is 5.60. The minimum Gasteiger partial charge on any atom is -0.495 e. The van der Waals surface area contributed by atoms with Gasteiger partial charge in [-0.25, -0.2) is 8.42 Å². The highest BCUT2D eigenvalue weighted by atomic mass is 32.2. The Morgan fingerprint density at radius 3 is 2.38 bits per heavy atom. The second-order valence-corrected chi connectivity index (χ2v) is 7.34. The number of aryl methyl sites for hydroxylation is 1. The molecule has 0 unspecified atom stereocenters. The van der Waals surface area contributed by atoms with E-state index in [9.17, 15) is 13.7 Å². The molecule has 0 aliphatic heterocycles. The number of ether oxygens (including phenoxy) is 1. The molecule has 0 fully saturated rings. The molecule has 0 saturated heterocycles. The van der Waals surface area contributed by atoms with Crippen molar-refractivity contribution >= 4 is 10.0 Å². The summed E-state index contributed by atoms with van der Waals surface area (Å²) in [6.45, 7) is 1.59. The lowest BCUT2D eigenvalue weighted by Crippen LogP contribution is -2.45. The number of rotatable bonds is 7. The summed E-state index contributed by atoms with van der Waals surface area (Å²) < 4.78 is 32.9. The van der Waals surface area contributed by atoms with E-state index in [0.29, 0.717) is 12.8 Å². The zero-order chi connectivity index (χ0) is 17.6. The lowest BCUT2D eigenvalue weighted by Gasteiger charge is -2.23. The maximum Gasteiger partial charge on any atom is 0.245 e. The van der Waals surface area contributed by atoms with Gasteiger partial charge in [0.1, 0.15) is 16.2 Å². The molecule has 2 aromatic carbocycles. The van der Waals surface area contributed by atoms with Crippen molar-refractivity contribution in [1.82, 2.24) is 4.72 Å². The van der Waals surface area contributed by atoms with Gasteiger partial charge in [0.25, 0.3) is 0 Å². The Balaban J connectivity index is 2.20. The highest BCUT2D eigenvalue weighted by molar-refractivity contribution is 7.89. The summed E-state index contributed by atoms with van der Waals surface area (Å²) in [5, 5.41) is 9.49. The van der Waals surface area contributed by atoms with Crippen LogP contribution in [0.2, 0.25) is 0 Å². The highest BCUT2D eigenvalue weighted by Gasteiger charge is 2.31. The number of hydrogen-bond acceptors (Lipinski definition) is 4. The summed E-state index contributed by atoms with van der Waals surface area (Å²) in [6, 6.07) is 18.1. The Hall–Kier alpha value is -2.36. The molecule has 0 heterocycles. The topological polar surface area (TPSA) is 79.2 Å². The van der Waals surface area contributed by atoms with Gasteiger partial charge < -0.3 is 4.74 Å². The Labute approximate surface area is 142 Å². The first-order valence-corrected chi connectivity index (χ1v) is 9.01. The van der Waals surface area contributed by atoms with Gasteiger partial charge in [-0.2, -0.15) is 9.98 Å². The number of sulfonamides is 1. The summed E-state index contributed by atoms with van der Waals surface area (Å²) in [6.07, 6.45) is 0.960. The molecule has 24 heavy (non-hydrogen) atoms. The van der Waals surface area contributed by atoms with Crippen LogP contribution in [0.25, 0.3) is 0 Å². The minimum atomic E-state index is -3.87. The molecule has 2 rings (SSSR count). The third-order valence-electron chi connectivity index (χ3n) is 3.72. The van der Waals surface area contributed by atoms with Crippen molar-refractivity contribution in [3.05, 3.63) is 60.2 Å². The Morgan fingerprint density at radius 2 is 1.75 bits per heavy atom. The fourth-order valence-electron chi connectivity index (χ4n) is 2.36. The van der Waals surface area contributed by atoms with Crippen LogP contribution in [0.3, 0.4) is 0 Å². The van der Waals surface area contributed by atoms with E-state index in [1.54, 1.807) is 25.1 Å². The molecule has 0 spiro atoms. The molecule has 1 N–H and O–H groups in total. The monoisotopic (exact) mass is 344 g/mol. The number of methoxy groups -OCH3 is 1. The molecule has 0 saturated carbocycles. The predicted octanol–water partition coefficient (Wildman–Crippen LogP) is 2.89. The first-order chi connectivity index (χ1) is 11.4. The van der Waals surface area contributed by atoms with Gasteiger partial charge in [-0.15, -0.1) is 0 Å². The van der Waals surface area contributed by atoms with Crippen molar-refractivity contribution in [2.24, 2.45) is 0 Å². The second kappa shape index (κ2) is 7.47. The molecule has 0 bridgehead atoms. The molecule has 5 nitrogen and oxygen atoms in total. The van der Waals surface area contributed by atoms with Crippen molar-refractivity contribution in [3.63, 3.8) is 0 Å². The molecule has 0 aromatic heterocycles. The minimum absolute atomic E-state index is 0.0219. The Bertz CT molecular complexity index is 829. The molecular formula is C18H20N2O3S. The molecule has 2 aromatic rings. The van der Waals surface area contributed by atoms with Gasteiger partial charge in [0.15, 0.2) is 0 Å². The van der Waals surface area contributed by atoms with Gasteiger partial charge >= 0.3 is 0 Å². The third kappa shape index (κ3) is 4.34. The van der Waals surface area contributed by atoms with Gasteiger partial charge in [0, 0.05) is 0 Å². The Morgan fingerprint density at radius 1 is 1.12 bits per heavy atom. The van der Waals surface area contributed by atoms with Crippen LogP contribution in [0, 0.1) is 11.3 Å². The van der Waals surface area contributed by atoms with Gasteiger partial charge in [-0.1, -0.05) is 42.5 Å². The zero-order valence-electron chi connectivity index (χ0n) is 13.7. The molecule has 0 aliphatic rings. The van der Waals surface area contributed by atoms with Gasteiger partial charge in [0.05, 0.1) is 13.2 Å². The fourth-order valence-corrected chi connectivity index (χ4v) is 3.89. The van der Waals surface area contributed by atoms with E-state index in [1.165, 1.54) is 13.2 Å². The summed E-state index contributed by atoms with van der Waals surface area (Å²) in [4.78, 5) is 0.0219. The molecule has 126 valence electrons. The first-order valence-electron chi connectivity index (χ1n) is 7.52. The largest absolute Gasteiger partial charge is 0.495 e. The van der Waals surface area contributed by atoms with E-state index in [0.717, 1.165) is 5.56 Å². The van der Waals surface area contributed by atoms with Crippen molar-refractivity contribution in [1.29, 1.82) is 5.26 Å². The second-order valence-electron chi connectivity index (χ2n) is 5.69. The molecule has 0 radical (unpaired) electrons. The normalized spacial score (nSPS) is 13.7. The summed E-state index contributed by atoms with van der Waals surface area (Å²) in [5.41, 5.74) is -0.161. The zero-order valence-corrected chi connectivity index (χ0v) is 14.5. The van der Waals surface area contributed by atoms with Crippen LogP contribution in [0.4, 0.5) is 0 Å². The smallest absolute Gasteiger partial charge is 0.245 e. The van der Waals surface area contributed by atoms with Crippen LogP contribution in [0.15, 0.2) is 59.5 Å². The van der Waals surface area contributed by atoms with Gasteiger partial charge in [-0.3, -0.25) is 0 Å². The van der Waals surface area contributed by atoms with Crippen molar-refractivity contribution in [3.8, 4) is 11.8 Å². The standard InChI is InChI=1S/C18H20N2O3S/c1-18(14-19,13-12-15-8-4-3-5-9-15)20-24(21,22)17-11-7-6-10-16(17)23-2/h3-11,20H,12-13H2,1-2H3/t18-/m0/s1. The van der Waals surface area contributed by atoms with Crippen LogP contribution in [0.5, 0.6) is 5.75 Å². The number of benzene rings is 2. The van der Waals surface area contributed by atoms with Crippen molar-refractivity contribution in [2.75, 3.05) is 7.11 Å². The van der Waals surface area contributed by atoms with E-state index in [2.05, 4.69) is 10.8 Å². The van der Waals surface area contributed by atoms with E-state index in [4.69, 9.17) is 4.74 Å². The SMILES string of the molecule is COc1ccccc1S(=O)(=O)N[C@](C)(C#N)CCc1ccccc1. The van der Waals surface area contributed by atoms with Gasteiger partial charge in [0.2, 0.25) is 10.0 Å². The fraction of sp³-hybridized carbons (Fsp3) is 0.278. The number of nitrogens with one attached hydrogen (secondary N) is 1. The number of nitrogens with zero attached hydrogens (tertiary/aromatic N) is 1. The molecule has 6 heteroatoms. The molecule has 0 aliphatic carbocycles. The maximum absolute atomic E-state index is 12.7. The average molecular weight is 344 g/mol.